The average molecular weight is 324 g/mol. The number of H-pyrrole nitrogens is 1. The van der Waals surface area contributed by atoms with Crippen molar-refractivity contribution in [2.45, 2.75) is 13.0 Å². The summed E-state index contributed by atoms with van der Waals surface area (Å²) in [6.45, 7) is 1.78. The lowest BCUT2D eigenvalue weighted by atomic mass is 10.0. The van der Waals surface area contributed by atoms with E-state index in [2.05, 4.69) is 10.3 Å². The Balaban J connectivity index is 1.93. The molecule has 0 spiro atoms. The molecule has 1 amide bonds. The summed E-state index contributed by atoms with van der Waals surface area (Å²) in [5, 5.41) is 4.93. The van der Waals surface area contributed by atoms with Crippen LogP contribution in [0.2, 0.25) is 0 Å². The number of carbonyl (C=O) groups is 1. The first-order valence-electron chi connectivity index (χ1n) is 7.24. The second-order valence-electron chi connectivity index (χ2n) is 5.22. The molecule has 1 aromatic carbocycles. The molecule has 3 aromatic rings. The second-order valence-corrected chi connectivity index (χ2v) is 6.20. The molecule has 23 heavy (non-hydrogen) atoms. The maximum absolute atomic E-state index is 12.5. The molecule has 1 atom stereocenters. The van der Waals surface area contributed by atoms with Gasteiger partial charge in [0, 0.05) is 10.6 Å². The van der Waals surface area contributed by atoms with Gasteiger partial charge in [-0.05, 0) is 36.1 Å². The summed E-state index contributed by atoms with van der Waals surface area (Å²) in [6, 6.07) is 16.6. The van der Waals surface area contributed by atoms with Crippen molar-refractivity contribution in [3.05, 3.63) is 92.0 Å². The lowest BCUT2D eigenvalue weighted by Gasteiger charge is -2.18. The molecule has 0 fully saturated rings. The molecule has 0 aliphatic rings. The van der Waals surface area contributed by atoms with Gasteiger partial charge in [-0.1, -0.05) is 36.4 Å². The standard InChI is InChI=1S/C18H16N2O2S/c1-12-9-10-14(17(21)19-12)18(22)20-16(15-8-5-11-23-15)13-6-3-2-4-7-13/h2-11,16H,1H3,(H,19,21)(H,20,22). The van der Waals surface area contributed by atoms with Crippen molar-refractivity contribution in [2.24, 2.45) is 0 Å². The zero-order valence-corrected chi connectivity index (χ0v) is 13.4. The molecule has 2 heterocycles. The van der Waals surface area contributed by atoms with Crippen LogP contribution in [0.15, 0.2) is 64.8 Å². The first-order valence-corrected chi connectivity index (χ1v) is 8.12. The Bertz CT molecular complexity index is 854. The maximum atomic E-state index is 12.5. The SMILES string of the molecule is Cc1ccc(C(=O)NC(c2ccccc2)c2cccs2)c(=O)[nH]1. The van der Waals surface area contributed by atoms with Crippen LogP contribution in [0.4, 0.5) is 0 Å². The molecule has 0 saturated carbocycles. The Morgan fingerprint density at radius 1 is 1.09 bits per heavy atom. The largest absolute Gasteiger partial charge is 0.340 e. The number of aromatic nitrogens is 1. The van der Waals surface area contributed by atoms with Crippen LogP contribution in [0.5, 0.6) is 0 Å². The third kappa shape index (κ3) is 3.40. The molecular formula is C18H16N2O2S. The van der Waals surface area contributed by atoms with E-state index in [1.165, 1.54) is 0 Å². The molecule has 4 nitrogen and oxygen atoms in total. The smallest absolute Gasteiger partial charge is 0.260 e. The van der Waals surface area contributed by atoms with Crippen LogP contribution >= 0.6 is 11.3 Å². The first kappa shape index (κ1) is 15.2. The zero-order valence-electron chi connectivity index (χ0n) is 12.6. The number of rotatable bonds is 4. The Hall–Kier alpha value is -2.66. The van der Waals surface area contributed by atoms with Gasteiger partial charge in [-0.2, -0.15) is 0 Å². The van der Waals surface area contributed by atoms with Gasteiger partial charge >= 0.3 is 0 Å². The summed E-state index contributed by atoms with van der Waals surface area (Å²) in [7, 11) is 0. The molecule has 0 radical (unpaired) electrons. The normalized spacial score (nSPS) is 11.9. The third-order valence-corrected chi connectivity index (χ3v) is 4.47. The number of nitrogens with one attached hydrogen (secondary N) is 2. The number of benzene rings is 1. The number of amides is 1. The summed E-state index contributed by atoms with van der Waals surface area (Å²) < 4.78 is 0. The van der Waals surface area contributed by atoms with Crippen molar-refractivity contribution >= 4 is 17.2 Å². The minimum absolute atomic E-state index is 0.119. The van der Waals surface area contributed by atoms with E-state index in [1.54, 1.807) is 30.4 Å². The number of thiophene rings is 1. The van der Waals surface area contributed by atoms with Gasteiger partial charge in [-0.3, -0.25) is 9.59 Å². The number of pyridine rings is 1. The highest BCUT2D eigenvalue weighted by Crippen LogP contribution is 2.26. The van der Waals surface area contributed by atoms with E-state index in [4.69, 9.17) is 0 Å². The molecule has 3 rings (SSSR count). The molecule has 2 N–H and O–H groups in total. The summed E-state index contributed by atoms with van der Waals surface area (Å²) in [4.78, 5) is 28.2. The van der Waals surface area contributed by atoms with Crippen molar-refractivity contribution in [1.82, 2.24) is 10.3 Å². The van der Waals surface area contributed by atoms with Crippen molar-refractivity contribution in [2.75, 3.05) is 0 Å². The molecule has 0 saturated heterocycles. The Morgan fingerprint density at radius 3 is 2.52 bits per heavy atom. The van der Waals surface area contributed by atoms with Crippen LogP contribution in [-0.4, -0.2) is 10.9 Å². The van der Waals surface area contributed by atoms with Crippen molar-refractivity contribution in [1.29, 1.82) is 0 Å². The molecule has 2 aromatic heterocycles. The van der Waals surface area contributed by atoms with Gasteiger partial charge in [0.05, 0.1) is 6.04 Å². The Morgan fingerprint density at radius 2 is 1.87 bits per heavy atom. The minimum atomic E-state index is -0.381. The van der Waals surface area contributed by atoms with Crippen LogP contribution in [0, 0.1) is 6.92 Å². The van der Waals surface area contributed by atoms with Crippen molar-refractivity contribution in [3.63, 3.8) is 0 Å². The van der Waals surface area contributed by atoms with Gasteiger partial charge in [0.1, 0.15) is 5.56 Å². The molecule has 0 aliphatic carbocycles. The Labute approximate surface area is 137 Å². The molecule has 0 bridgehead atoms. The number of aromatic amines is 1. The van der Waals surface area contributed by atoms with Gasteiger partial charge in [0.25, 0.3) is 11.5 Å². The van der Waals surface area contributed by atoms with E-state index in [9.17, 15) is 9.59 Å². The van der Waals surface area contributed by atoms with Crippen molar-refractivity contribution < 1.29 is 4.79 Å². The fraction of sp³-hybridized carbons (Fsp3) is 0.111. The highest BCUT2D eigenvalue weighted by molar-refractivity contribution is 7.10. The fourth-order valence-corrected chi connectivity index (χ4v) is 3.18. The first-order chi connectivity index (χ1) is 11.1. The number of carbonyl (C=O) groups excluding carboxylic acids is 1. The fourth-order valence-electron chi connectivity index (χ4n) is 2.38. The van der Waals surface area contributed by atoms with Crippen LogP contribution in [0.1, 0.15) is 32.5 Å². The van der Waals surface area contributed by atoms with Crippen LogP contribution in [0.3, 0.4) is 0 Å². The van der Waals surface area contributed by atoms with E-state index in [-0.39, 0.29) is 23.1 Å². The number of aryl methyl sites for hydroxylation is 1. The molecule has 5 heteroatoms. The van der Waals surface area contributed by atoms with Gasteiger partial charge in [-0.15, -0.1) is 11.3 Å². The minimum Gasteiger partial charge on any atom is -0.340 e. The van der Waals surface area contributed by atoms with E-state index >= 15 is 0 Å². The topological polar surface area (TPSA) is 62.0 Å². The highest BCUT2D eigenvalue weighted by atomic mass is 32.1. The van der Waals surface area contributed by atoms with Gasteiger partial charge < -0.3 is 10.3 Å². The third-order valence-electron chi connectivity index (χ3n) is 3.54. The van der Waals surface area contributed by atoms with Crippen LogP contribution in [0.25, 0.3) is 0 Å². The van der Waals surface area contributed by atoms with Gasteiger partial charge in [0.15, 0.2) is 0 Å². The monoisotopic (exact) mass is 324 g/mol. The van der Waals surface area contributed by atoms with Crippen molar-refractivity contribution in [3.8, 4) is 0 Å². The summed E-state index contributed by atoms with van der Waals surface area (Å²) >= 11 is 1.57. The number of hydrogen-bond acceptors (Lipinski definition) is 3. The number of hydrogen-bond donors (Lipinski definition) is 2. The highest BCUT2D eigenvalue weighted by Gasteiger charge is 2.20. The van der Waals surface area contributed by atoms with Crippen LogP contribution in [-0.2, 0) is 0 Å². The lowest BCUT2D eigenvalue weighted by molar-refractivity contribution is 0.0942. The van der Waals surface area contributed by atoms with Gasteiger partial charge in [0.2, 0.25) is 0 Å². The summed E-state index contributed by atoms with van der Waals surface area (Å²) in [6.07, 6.45) is 0. The van der Waals surface area contributed by atoms with E-state index < -0.39 is 0 Å². The predicted molar refractivity (Wildman–Crippen MR) is 91.9 cm³/mol. The molecule has 0 aliphatic heterocycles. The van der Waals surface area contributed by atoms with E-state index in [0.717, 1.165) is 16.1 Å². The molecule has 1 unspecified atom stereocenters. The molecular weight excluding hydrogens is 308 g/mol. The summed E-state index contributed by atoms with van der Waals surface area (Å²) in [5.41, 5.74) is 1.45. The zero-order chi connectivity index (χ0) is 16.2. The average Bonchev–Trinajstić information content (AvgIpc) is 3.07. The summed E-state index contributed by atoms with van der Waals surface area (Å²) in [5.74, 6) is -0.381. The van der Waals surface area contributed by atoms with Gasteiger partial charge in [-0.25, -0.2) is 0 Å². The molecule has 116 valence electrons. The second kappa shape index (κ2) is 6.62. The Kier molecular flexibility index (Phi) is 4.39. The lowest BCUT2D eigenvalue weighted by Crippen LogP contribution is -2.33. The predicted octanol–water partition coefficient (Wildman–Crippen LogP) is 3.26. The van der Waals surface area contributed by atoms with Crippen LogP contribution < -0.4 is 10.9 Å². The maximum Gasteiger partial charge on any atom is 0.260 e. The van der Waals surface area contributed by atoms with E-state index in [0.29, 0.717) is 0 Å². The quantitative estimate of drug-likeness (QED) is 0.774. The van der Waals surface area contributed by atoms with E-state index in [1.807, 2.05) is 47.8 Å².